The maximum absolute atomic E-state index is 11.2. The van der Waals surface area contributed by atoms with Crippen LogP contribution in [0.5, 0.6) is 0 Å². The zero-order valence-electron chi connectivity index (χ0n) is 17.7. The summed E-state index contributed by atoms with van der Waals surface area (Å²) in [6, 6.07) is 18.8. The topological polar surface area (TPSA) is 108 Å². The van der Waals surface area contributed by atoms with Crippen LogP contribution in [-0.4, -0.2) is 66.8 Å². The van der Waals surface area contributed by atoms with Gasteiger partial charge < -0.3 is 25.2 Å². The first-order valence-electron chi connectivity index (χ1n) is 10.5. The molecule has 1 aromatic heterocycles. The van der Waals surface area contributed by atoms with Crippen molar-refractivity contribution in [3.05, 3.63) is 89.7 Å². The summed E-state index contributed by atoms with van der Waals surface area (Å²) in [6.45, 7) is 0.0278. The molecular formula is C26H24N2O5. The first-order valence-corrected chi connectivity index (χ1v) is 10.5. The molecule has 0 spiro atoms. The van der Waals surface area contributed by atoms with E-state index in [0.29, 0.717) is 17.7 Å². The maximum Gasteiger partial charge on any atom is 0.191 e. The van der Waals surface area contributed by atoms with Crippen LogP contribution in [0.3, 0.4) is 0 Å². The van der Waals surface area contributed by atoms with Crippen LogP contribution in [0.25, 0.3) is 0 Å². The number of ether oxygens (including phenoxy) is 1. The predicted molar refractivity (Wildman–Crippen MR) is 121 cm³/mol. The Kier molecular flexibility index (Phi) is 6.90. The van der Waals surface area contributed by atoms with Crippen molar-refractivity contribution in [3.8, 4) is 23.7 Å². The van der Waals surface area contributed by atoms with E-state index in [-0.39, 0.29) is 0 Å². The predicted octanol–water partition coefficient (Wildman–Crippen LogP) is 0.547. The largest absolute Gasteiger partial charge is 0.394 e. The first-order chi connectivity index (χ1) is 16.0. The number of nitrogens with zero attached hydrogens (tertiary/aromatic N) is 2. The Morgan fingerprint density at radius 2 is 1.67 bits per heavy atom. The zero-order chi connectivity index (χ0) is 23.3. The Bertz CT molecular complexity index is 1190. The fraction of sp³-hybridized carbons (Fsp3) is 0.269. The second-order valence-corrected chi connectivity index (χ2v) is 7.80. The molecule has 1 saturated heterocycles. The molecule has 0 amide bonds. The molecule has 1 aliphatic heterocycles. The number of aromatic nitrogens is 2. The van der Waals surface area contributed by atoms with E-state index in [1.54, 1.807) is 41.3 Å². The molecule has 0 saturated carbocycles. The van der Waals surface area contributed by atoms with E-state index in [1.165, 1.54) is 0 Å². The summed E-state index contributed by atoms with van der Waals surface area (Å²) in [5.74, 6) is 11.1. The van der Waals surface area contributed by atoms with E-state index in [2.05, 4.69) is 28.8 Å². The highest BCUT2D eigenvalue weighted by atomic mass is 16.5. The van der Waals surface area contributed by atoms with Crippen molar-refractivity contribution in [1.29, 1.82) is 0 Å². The highest BCUT2D eigenvalue weighted by Crippen LogP contribution is 2.30. The van der Waals surface area contributed by atoms with Gasteiger partial charge in [-0.3, -0.25) is 4.68 Å². The van der Waals surface area contributed by atoms with Crippen molar-refractivity contribution < 1.29 is 25.2 Å². The van der Waals surface area contributed by atoms with Gasteiger partial charge in [0.05, 0.1) is 24.9 Å². The molecule has 168 valence electrons. The average Bonchev–Trinajstić information content (AvgIpc) is 3.29. The molecule has 5 atom stereocenters. The number of aliphatic hydroxyl groups excluding tert-OH is 3. The lowest BCUT2D eigenvalue weighted by Crippen LogP contribution is -2.65. The monoisotopic (exact) mass is 444 g/mol. The average molecular weight is 444 g/mol. The lowest BCUT2D eigenvalue weighted by atomic mass is 9.82. The smallest absolute Gasteiger partial charge is 0.191 e. The second kappa shape index (κ2) is 10.0. The fourth-order valence-corrected chi connectivity index (χ4v) is 3.54. The van der Waals surface area contributed by atoms with Crippen molar-refractivity contribution in [3.63, 3.8) is 0 Å². The number of rotatable bonds is 3. The third-order valence-electron chi connectivity index (χ3n) is 5.39. The number of aliphatic hydroxyl groups is 4. The van der Waals surface area contributed by atoms with Crippen LogP contribution in [0.1, 0.15) is 16.7 Å². The van der Waals surface area contributed by atoms with Gasteiger partial charge in [0.2, 0.25) is 0 Å². The molecule has 0 unspecified atom stereocenters. The zero-order valence-corrected chi connectivity index (χ0v) is 17.7. The summed E-state index contributed by atoms with van der Waals surface area (Å²) in [5.41, 5.74) is 0.109. The van der Waals surface area contributed by atoms with Gasteiger partial charge in [0.1, 0.15) is 18.3 Å². The highest BCUT2D eigenvalue weighted by molar-refractivity contribution is 5.41. The van der Waals surface area contributed by atoms with Gasteiger partial charge >= 0.3 is 0 Å². The Morgan fingerprint density at radius 3 is 2.36 bits per heavy atom. The van der Waals surface area contributed by atoms with Crippen molar-refractivity contribution in [2.24, 2.45) is 0 Å². The van der Waals surface area contributed by atoms with E-state index in [1.807, 2.05) is 36.4 Å². The summed E-state index contributed by atoms with van der Waals surface area (Å²) in [4.78, 5) is 0. The molecule has 7 nitrogen and oxygen atoms in total. The molecule has 0 bridgehead atoms. The summed E-state index contributed by atoms with van der Waals surface area (Å²) in [6.07, 6.45) is -2.27. The van der Waals surface area contributed by atoms with Gasteiger partial charge in [0, 0.05) is 11.8 Å². The lowest BCUT2D eigenvalue weighted by molar-refractivity contribution is -0.239. The minimum absolute atomic E-state index is 0.548. The molecule has 2 aromatic carbocycles. The SMILES string of the molecule is OC[C@H]1O[C@H](C#Cc2cnn(Cc3ccccc3)c2)[C@](O)(C#Cc2ccccc2)[C@@H](O)[C@@H]1O. The van der Waals surface area contributed by atoms with Gasteiger partial charge in [-0.05, 0) is 17.7 Å². The second-order valence-electron chi connectivity index (χ2n) is 7.80. The van der Waals surface area contributed by atoms with Crippen LogP contribution < -0.4 is 0 Å². The molecule has 1 aliphatic rings. The van der Waals surface area contributed by atoms with E-state index in [0.717, 1.165) is 5.56 Å². The summed E-state index contributed by atoms with van der Waals surface area (Å²) in [7, 11) is 0. The Balaban J connectivity index is 1.60. The molecule has 4 N–H and O–H groups in total. The molecule has 0 aliphatic carbocycles. The summed E-state index contributed by atoms with van der Waals surface area (Å²) < 4.78 is 7.37. The van der Waals surface area contributed by atoms with E-state index >= 15 is 0 Å². The van der Waals surface area contributed by atoms with E-state index in [9.17, 15) is 20.4 Å². The lowest BCUT2D eigenvalue weighted by Gasteiger charge is -2.43. The van der Waals surface area contributed by atoms with Gasteiger partial charge in [-0.1, -0.05) is 72.2 Å². The van der Waals surface area contributed by atoms with Crippen LogP contribution in [0.15, 0.2) is 73.1 Å². The van der Waals surface area contributed by atoms with Gasteiger partial charge in [0.25, 0.3) is 0 Å². The van der Waals surface area contributed by atoms with Crippen LogP contribution in [0.4, 0.5) is 0 Å². The van der Waals surface area contributed by atoms with Crippen LogP contribution in [0.2, 0.25) is 0 Å². The van der Waals surface area contributed by atoms with Gasteiger partial charge in [0.15, 0.2) is 11.7 Å². The van der Waals surface area contributed by atoms with Crippen LogP contribution >= 0.6 is 0 Å². The Morgan fingerprint density at radius 1 is 0.970 bits per heavy atom. The van der Waals surface area contributed by atoms with E-state index < -0.39 is 36.6 Å². The highest BCUT2D eigenvalue weighted by Gasteiger charge is 2.53. The van der Waals surface area contributed by atoms with Crippen molar-refractivity contribution >= 4 is 0 Å². The summed E-state index contributed by atoms with van der Waals surface area (Å²) in [5, 5.41) is 46.0. The van der Waals surface area contributed by atoms with Crippen molar-refractivity contribution in [1.82, 2.24) is 9.78 Å². The minimum Gasteiger partial charge on any atom is -0.394 e. The molecule has 33 heavy (non-hydrogen) atoms. The summed E-state index contributed by atoms with van der Waals surface area (Å²) >= 11 is 0. The van der Waals surface area contributed by atoms with Gasteiger partial charge in [-0.25, -0.2) is 0 Å². The third kappa shape index (κ3) is 5.15. The molecule has 1 fully saturated rings. The van der Waals surface area contributed by atoms with Gasteiger partial charge in [-0.2, -0.15) is 5.10 Å². The maximum atomic E-state index is 11.2. The Hall–Kier alpha value is -3.43. The van der Waals surface area contributed by atoms with Crippen molar-refractivity contribution in [2.45, 2.75) is 36.6 Å². The molecule has 0 radical (unpaired) electrons. The molecular weight excluding hydrogens is 420 g/mol. The normalized spacial score (nSPS) is 26.5. The van der Waals surface area contributed by atoms with E-state index in [4.69, 9.17) is 4.74 Å². The van der Waals surface area contributed by atoms with Crippen molar-refractivity contribution in [2.75, 3.05) is 6.61 Å². The molecule has 2 heterocycles. The first kappa shape index (κ1) is 22.8. The standard InChI is InChI=1S/C26H24N2O5/c29-18-22-24(30)25(31)26(32,14-13-19-7-3-1-4-8-19)23(33-22)12-11-21-15-27-28(17-21)16-20-9-5-2-6-10-20/h1-10,15,17,22-25,29-32H,16,18H2/t22-,23-,24-,25+,26-/m1/s1. The minimum atomic E-state index is -2.17. The fourth-order valence-electron chi connectivity index (χ4n) is 3.54. The molecule has 7 heteroatoms. The van der Waals surface area contributed by atoms with Crippen LogP contribution in [-0.2, 0) is 11.3 Å². The molecule has 3 aromatic rings. The number of hydrogen-bond acceptors (Lipinski definition) is 6. The van der Waals surface area contributed by atoms with Crippen LogP contribution in [0, 0.1) is 23.7 Å². The third-order valence-corrected chi connectivity index (χ3v) is 5.39. The number of hydrogen-bond donors (Lipinski definition) is 4. The molecule has 4 rings (SSSR count). The Labute approximate surface area is 191 Å². The van der Waals surface area contributed by atoms with Gasteiger partial charge in [-0.15, -0.1) is 0 Å². The number of benzene rings is 2. The quantitative estimate of drug-likeness (QED) is 0.440.